The van der Waals surface area contributed by atoms with Crippen molar-refractivity contribution < 1.29 is 4.79 Å². The van der Waals surface area contributed by atoms with E-state index in [0.717, 1.165) is 29.8 Å². The second kappa shape index (κ2) is 4.71. The molecule has 0 saturated carbocycles. The van der Waals surface area contributed by atoms with E-state index >= 15 is 0 Å². The number of fused-ring (bicyclic) bond motifs is 1. The van der Waals surface area contributed by atoms with Gasteiger partial charge in [0, 0.05) is 25.2 Å². The Hall–Kier alpha value is -1.39. The van der Waals surface area contributed by atoms with E-state index in [0.29, 0.717) is 13.1 Å². The SMILES string of the molecule is NCc1ccc2c(c1)CN(N1CCCCC1)C2=O. The van der Waals surface area contributed by atoms with Gasteiger partial charge in [-0.25, -0.2) is 5.01 Å². The molecule has 0 aromatic heterocycles. The van der Waals surface area contributed by atoms with Gasteiger partial charge in [0.1, 0.15) is 0 Å². The predicted octanol–water partition coefficient (Wildman–Crippen LogP) is 1.50. The molecule has 0 radical (unpaired) electrons. The summed E-state index contributed by atoms with van der Waals surface area (Å²) >= 11 is 0. The molecule has 0 spiro atoms. The number of nitrogens with zero attached hydrogens (tertiary/aromatic N) is 2. The van der Waals surface area contributed by atoms with E-state index in [1.807, 2.05) is 17.1 Å². The number of carbonyl (C=O) groups is 1. The van der Waals surface area contributed by atoms with Crippen LogP contribution in [-0.2, 0) is 13.1 Å². The van der Waals surface area contributed by atoms with E-state index < -0.39 is 0 Å². The quantitative estimate of drug-likeness (QED) is 0.859. The highest BCUT2D eigenvalue weighted by atomic mass is 16.2. The van der Waals surface area contributed by atoms with Crippen LogP contribution in [-0.4, -0.2) is 29.0 Å². The smallest absolute Gasteiger partial charge is 0.268 e. The highest BCUT2D eigenvalue weighted by molar-refractivity contribution is 5.98. The number of amides is 1. The first-order valence-corrected chi connectivity index (χ1v) is 6.68. The summed E-state index contributed by atoms with van der Waals surface area (Å²) in [5.41, 5.74) is 8.71. The summed E-state index contributed by atoms with van der Waals surface area (Å²) in [5, 5.41) is 4.11. The lowest BCUT2D eigenvalue weighted by Crippen LogP contribution is -2.45. The van der Waals surface area contributed by atoms with Gasteiger partial charge in [-0.2, -0.15) is 0 Å². The standard InChI is InChI=1S/C14H19N3O/c15-9-11-4-5-13-12(8-11)10-17(14(13)18)16-6-2-1-3-7-16/h4-5,8H,1-3,6-7,9-10,15H2. The third-order valence-electron chi connectivity index (χ3n) is 3.86. The average Bonchev–Trinajstić information content (AvgIpc) is 2.76. The van der Waals surface area contributed by atoms with Crippen molar-refractivity contribution in [3.05, 3.63) is 34.9 Å². The summed E-state index contributed by atoms with van der Waals surface area (Å²) in [6, 6.07) is 5.94. The molecule has 1 saturated heterocycles. The summed E-state index contributed by atoms with van der Waals surface area (Å²) in [7, 11) is 0. The zero-order valence-corrected chi connectivity index (χ0v) is 10.6. The lowest BCUT2D eigenvalue weighted by molar-refractivity contribution is -0.0204. The second-order valence-corrected chi connectivity index (χ2v) is 5.07. The molecule has 1 amide bonds. The van der Waals surface area contributed by atoms with Crippen LogP contribution in [0.4, 0.5) is 0 Å². The van der Waals surface area contributed by atoms with Crippen molar-refractivity contribution in [2.75, 3.05) is 13.1 Å². The van der Waals surface area contributed by atoms with Crippen LogP contribution in [0.15, 0.2) is 18.2 Å². The first-order chi connectivity index (χ1) is 8.79. The van der Waals surface area contributed by atoms with Crippen molar-refractivity contribution in [2.45, 2.75) is 32.4 Å². The summed E-state index contributed by atoms with van der Waals surface area (Å²) in [6.07, 6.45) is 3.66. The average molecular weight is 245 g/mol. The van der Waals surface area contributed by atoms with Gasteiger partial charge in [0.05, 0.1) is 6.54 Å². The van der Waals surface area contributed by atoms with Crippen molar-refractivity contribution in [2.24, 2.45) is 5.73 Å². The zero-order chi connectivity index (χ0) is 12.5. The highest BCUT2D eigenvalue weighted by Crippen LogP contribution is 2.26. The Morgan fingerprint density at radius 3 is 2.67 bits per heavy atom. The normalized spacial score (nSPS) is 20.3. The fraction of sp³-hybridized carbons (Fsp3) is 0.500. The molecule has 3 rings (SSSR count). The summed E-state index contributed by atoms with van der Waals surface area (Å²) in [6.45, 7) is 3.25. The van der Waals surface area contributed by atoms with Gasteiger partial charge in [0.2, 0.25) is 0 Å². The molecule has 0 bridgehead atoms. The molecule has 2 aliphatic rings. The summed E-state index contributed by atoms with van der Waals surface area (Å²) in [4.78, 5) is 12.3. The Morgan fingerprint density at radius 1 is 1.17 bits per heavy atom. The van der Waals surface area contributed by atoms with E-state index in [9.17, 15) is 4.79 Å². The van der Waals surface area contributed by atoms with Crippen molar-refractivity contribution in [3.8, 4) is 0 Å². The third kappa shape index (κ3) is 1.91. The molecule has 4 heteroatoms. The molecular formula is C14H19N3O. The summed E-state index contributed by atoms with van der Waals surface area (Å²) in [5.74, 6) is 0.149. The largest absolute Gasteiger partial charge is 0.326 e. The number of rotatable bonds is 2. The number of hydrogen-bond acceptors (Lipinski definition) is 3. The van der Waals surface area contributed by atoms with Crippen LogP contribution in [0.2, 0.25) is 0 Å². The van der Waals surface area contributed by atoms with Crippen LogP contribution in [0.5, 0.6) is 0 Å². The van der Waals surface area contributed by atoms with Gasteiger partial charge in [-0.15, -0.1) is 0 Å². The van der Waals surface area contributed by atoms with Gasteiger partial charge in [-0.05, 0) is 30.0 Å². The molecular weight excluding hydrogens is 226 g/mol. The Labute approximate surface area is 107 Å². The molecule has 2 aliphatic heterocycles. The van der Waals surface area contributed by atoms with E-state index in [1.165, 1.54) is 19.3 Å². The minimum atomic E-state index is 0.149. The van der Waals surface area contributed by atoms with Crippen molar-refractivity contribution in [1.29, 1.82) is 0 Å². The van der Waals surface area contributed by atoms with Crippen LogP contribution in [0.25, 0.3) is 0 Å². The van der Waals surface area contributed by atoms with E-state index in [2.05, 4.69) is 11.1 Å². The van der Waals surface area contributed by atoms with Crippen molar-refractivity contribution in [1.82, 2.24) is 10.0 Å². The Bertz CT molecular complexity index is 466. The van der Waals surface area contributed by atoms with Crippen molar-refractivity contribution in [3.63, 3.8) is 0 Å². The van der Waals surface area contributed by atoms with Crippen LogP contribution in [0, 0.1) is 0 Å². The highest BCUT2D eigenvalue weighted by Gasteiger charge is 2.32. The van der Waals surface area contributed by atoms with Gasteiger partial charge < -0.3 is 5.73 Å². The number of carbonyl (C=O) groups excluding carboxylic acids is 1. The van der Waals surface area contributed by atoms with Crippen LogP contribution < -0.4 is 5.73 Å². The second-order valence-electron chi connectivity index (χ2n) is 5.07. The van der Waals surface area contributed by atoms with Gasteiger partial charge in [-0.1, -0.05) is 18.6 Å². The molecule has 0 aliphatic carbocycles. The maximum absolute atomic E-state index is 12.3. The van der Waals surface area contributed by atoms with Gasteiger partial charge in [0.15, 0.2) is 0 Å². The number of benzene rings is 1. The first-order valence-electron chi connectivity index (χ1n) is 6.68. The zero-order valence-electron chi connectivity index (χ0n) is 10.6. The van der Waals surface area contributed by atoms with Crippen LogP contribution in [0.1, 0.15) is 40.7 Å². The predicted molar refractivity (Wildman–Crippen MR) is 69.6 cm³/mol. The van der Waals surface area contributed by atoms with Crippen LogP contribution >= 0.6 is 0 Å². The van der Waals surface area contributed by atoms with E-state index in [4.69, 9.17) is 5.73 Å². The topological polar surface area (TPSA) is 49.6 Å². The Kier molecular flexibility index (Phi) is 3.06. The van der Waals surface area contributed by atoms with Gasteiger partial charge >= 0.3 is 0 Å². The molecule has 0 unspecified atom stereocenters. The van der Waals surface area contributed by atoms with Gasteiger partial charge in [-0.3, -0.25) is 9.80 Å². The van der Waals surface area contributed by atoms with Crippen molar-refractivity contribution >= 4 is 5.91 Å². The fourth-order valence-corrected chi connectivity index (χ4v) is 2.83. The maximum Gasteiger partial charge on any atom is 0.268 e. The van der Waals surface area contributed by atoms with Crippen LogP contribution in [0.3, 0.4) is 0 Å². The minimum absolute atomic E-state index is 0.149. The molecule has 2 heterocycles. The minimum Gasteiger partial charge on any atom is -0.326 e. The Morgan fingerprint density at radius 2 is 1.94 bits per heavy atom. The molecule has 2 N–H and O–H groups in total. The van der Waals surface area contributed by atoms with E-state index in [1.54, 1.807) is 0 Å². The lowest BCUT2D eigenvalue weighted by atomic mass is 10.1. The number of hydrazine groups is 1. The number of hydrogen-bond donors (Lipinski definition) is 1. The maximum atomic E-state index is 12.3. The number of nitrogens with two attached hydrogens (primary N) is 1. The molecule has 18 heavy (non-hydrogen) atoms. The monoisotopic (exact) mass is 245 g/mol. The molecule has 1 aromatic rings. The van der Waals surface area contributed by atoms with E-state index in [-0.39, 0.29) is 5.91 Å². The molecule has 1 aromatic carbocycles. The molecule has 96 valence electrons. The lowest BCUT2D eigenvalue weighted by Gasteiger charge is -2.34. The fourth-order valence-electron chi connectivity index (χ4n) is 2.83. The number of piperidine rings is 1. The molecule has 0 atom stereocenters. The Balaban J connectivity index is 1.83. The molecule has 4 nitrogen and oxygen atoms in total. The summed E-state index contributed by atoms with van der Waals surface area (Å²) < 4.78 is 0. The first kappa shape index (κ1) is 11.7. The third-order valence-corrected chi connectivity index (χ3v) is 3.86. The molecule has 1 fully saturated rings. The van der Waals surface area contributed by atoms with Gasteiger partial charge in [0.25, 0.3) is 5.91 Å².